The lowest BCUT2D eigenvalue weighted by Gasteiger charge is -2.22. The standard InChI is InChI=1S/C12H23NO2/c1-11(14)15-9-4-2-3-6-12-7-5-8-13-10-12/h12-13H,2-10H2,1H3. The van der Waals surface area contributed by atoms with Crippen molar-refractivity contribution in [3.63, 3.8) is 0 Å². The topological polar surface area (TPSA) is 38.3 Å². The maximum absolute atomic E-state index is 10.5. The van der Waals surface area contributed by atoms with E-state index in [1.165, 1.54) is 52.1 Å². The Balaban J connectivity index is 1.85. The summed E-state index contributed by atoms with van der Waals surface area (Å²) >= 11 is 0. The van der Waals surface area contributed by atoms with Crippen LogP contribution in [0.3, 0.4) is 0 Å². The first kappa shape index (κ1) is 12.5. The third-order valence-corrected chi connectivity index (χ3v) is 2.96. The van der Waals surface area contributed by atoms with Gasteiger partial charge < -0.3 is 10.1 Å². The lowest BCUT2D eigenvalue weighted by molar-refractivity contribution is -0.141. The Labute approximate surface area is 92.6 Å². The number of esters is 1. The van der Waals surface area contributed by atoms with Crippen LogP contribution in [0.1, 0.15) is 45.4 Å². The summed E-state index contributed by atoms with van der Waals surface area (Å²) in [5.74, 6) is 0.721. The molecule has 0 radical (unpaired) electrons. The van der Waals surface area contributed by atoms with Gasteiger partial charge in [0.1, 0.15) is 0 Å². The van der Waals surface area contributed by atoms with Gasteiger partial charge in [0.05, 0.1) is 6.61 Å². The molecule has 15 heavy (non-hydrogen) atoms. The van der Waals surface area contributed by atoms with Gasteiger partial charge in [-0.3, -0.25) is 4.79 Å². The van der Waals surface area contributed by atoms with E-state index in [2.05, 4.69) is 5.32 Å². The molecule has 0 aromatic rings. The van der Waals surface area contributed by atoms with Crippen molar-refractivity contribution < 1.29 is 9.53 Å². The Hall–Kier alpha value is -0.570. The lowest BCUT2D eigenvalue weighted by atomic mass is 9.94. The third-order valence-electron chi connectivity index (χ3n) is 2.96. The van der Waals surface area contributed by atoms with Gasteiger partial charge in [-0.05, 0) is 44.7 Å². The van der Waals surface area contributed by atoms with Crippen molar-refractivity contribution in [1.29, 1.82) is 0 Å². The summed E-state index contributed by atoms with van der Waals surface area (Å²) in [5, 5.41) is 3.43. The van der Waals surface area contributed by atoms with Crippen molar-refractivity contribution in [1.82, 2.24) is 5.32 Å². The van der Waals surface area contributed by atoms with Crippen LogP contribution in [0.2, 0.25) is 0 Å². The van der Waals surface area contributed by atoms with E-state index in [1.807, 2.05) is 0 Å². The van der Waals surface area contributed by atoms with Crippen LogP contribution in [0.15, 0.2) is 0 Å². The SMILES string of the molecule is CC(=O)OCCCCCC1CCCNC1. The van der Waals surface area contributed by atoms with E-state index >= 15 is 0 Å². The van der Waals surface area contributed by atoms with E-state index in [-0.39, 0.29) is 5.97 Å². The van der Waals surface area contributed by atoms with Crippen molar-refractivity contribution in [2.75, 3.05) is 19.7 Å². The molecule has 1 rings (SSSR count). The smallest absolute Gasteiger partial charge is 0.302 e. The molecule has 0 spiro atoms. The van der Waals surface area contributed by atoms with Gasteiger partial charge in [0.2, 0.25) is 0 Å². The maximum atomic E-state index is 10.5. The molecule has 3 nitrogen and oxygen atoms in total. The van der Waals surface area contributed by atoms with Crippen molar-refractivity contribution in [3.8, 4) is 0 Å². The number of rotatable bonds is 6. The molecule has 0 aromatic carbocycles. The van der Waals surface area contributed by atoms with Crippen molar-refractivity contribution >= 4 is 5.97 Å². The number of hydrogen-bond donors (Lipinski definition) is 1. The predicted octanol–water partition coefficient (Wildman–Crippen LogP) is 2.11. The fourth-order valence-corrected chi connectivity index (χ4v) is 2.10. The molecule has 3 heteroatoms. The second-order valence-electron chi connectivity index (χ2n) is 4.40. The fraction of sp³-hybridized carbons (Fsp3) is 0.917. The first-order valence-corrected chi connectivity index (χ1v) is 6.13. The highest BCUT2D eigenvalue weighted by Gasteiger charge is 2.11. The van der Waals surface area contributed by atoms with Crippen LogP contribution in [0, 0.1) is 5.92 Å². The summed E-state index contributed by atoms with van der Waals surface area (Å²) in [6, 6.07) is 0. The van der Waals surface area contributed by atoms with Crippen LogP contribution >= 0.6 is 0 Å². The molecule has 1 heterocycles. The van der Waals surface area contributed by atoms with Gasteiger partial charge in [0.25, 0.3) is 0 Å². The summed E-state index contributed by atoms with van der Waals surface area (Å²) < 4.78 is 4.88. The average Bonchev–Trinajstić information content (AvgIpc) is 2.24. The van der Waals surface area contributed by atoms with Crippen LogP contribution in [0.4, 0.5) is 0 Å². The molecule has 88 valence electrons. The van der Waals surface area contributed by atoms with Crippen molar-refractivity contribution in [2.24, 2.45) is 5.92 Å². The molecule has 1 aliphatic heterocycles. The zero-order valence-corrected chi connectivity index (χ0v) is 9.76. The lowest BCUT2D eigenvalue weighted by Crippen LogP contribution is -2.29. The van der Waals surface area contributed by atoms with Gasteiger partial charge in [-0.1, -0.05) is 12.8 Å². The summed E-state index contributed by atoms with van der Waals surface area (Å²) in [7, 11) is 0. The van der Waals surface area contributed by atoms with Crippen molar-refractivity contribution in [2.45, 2.75) is 45.4 Å². The van der Waals surface area contributed by atoms with Gasteiger partial charge in [-0.15, -0.1) is 0 Å². The van der Waals surface area contributed by atoms with Gasteiger partial charge in [-0.2, -0.15) is 0 Å². The maximum Gasteiger partial charge on any atom is 0.302 e. The Morgan fingerprint density at radius 1 is 1.40 bits per heavy atom. The molecular weight excluding hydrogens is 190 g/mol. The van der Waals surface area contributed by atoms with Gasteiger partial charge >= 0.3 is 5.97 Å². The molecule has 1 unspecified atom stereocenters. The summed E-state index contributed by atoms with van der Waals surface area (Å²) in [4.78, 5) is 10.5. The highest BCUT2D eigenvalue weighted by atomic mass is 16.5. The minimum Gasteiger partial charge on any atom is -0.466 e. The van der Waals surface area contributed by atoms with Crippen LogP contribution in [0.5, 0.6) is 0 Å². The van der Waals surface area contributed by atoms with E-state index in [0.717, 1.165) is 12.3 Å². The van der Waals surface area contributed by atoms with Gasteiger partial charge in [-0.25, -0.2) is 0 Å². The minimum absolute atomic E-state index is 0.161. The monoisotopic (exact) mass is 213 g/mol. The van der Waals surface area contributed by atoms with Crippen molar-refractivity contribution in [3.05, 3.63) is 0 Å². The van der Waals surface area contributed by atoms with E-state index in [0.29, 0.717) is 6.61 Å². The minimum atomic E-state index is -0.161. The molecule has 1 N–H and O–H groups in total. The first-order valence-electron chi connectivity index (χ1n) is 6.13. The van der Waals surface area contributed by atoms with E-state index in [4.69, 9.17) is 4.74 Å². The molecule has 0 aliphatic carbocycles. The zero-order valence-electron chi connectivity index (χ0n) is 9.76. The number of ether oxygens (including phenoxy) is 1. The van der Waals surface area contributed by atoms with E-state index in [9.17, 15) is 4.79 Å². The highest BCUT2D eigenvalue weighted by Crippen LogP contribution is 2.17. The Kier molecular flexibility index (Phi) is 6.41. The molecule has 0 saturated carbocycles. The molecular formula is C12H23NO2. The number of nitrogens with one attached hydrogen (secondary N) is 1. The van der Waals surface area contributed by atoms with Gasteiger partial charge in [0.15, 0.2) is 0 Å². The molecule has 0 bridgehead atoms. The number of unbranched alkanes of at least 4 members (excludes halogenated alkanes) is 2. The van der Waals surface area contributed by atoms with E-state index < -0.39 is 0 Å². The Morgan fingerprint density at radius 2 is 2.27 bits per heavy atom. The largest absolute Gasteiger partial charge is 0.466 e. The quantitative estimate of drug-likeness (QED) is 0.542. The van der Waals surface area contributed by atoms with Crippen LogP contribution in [-0.4, -0.2) is 25.7 Å². The normalized spacial score (nSPS) is 21.3. The third kappa shape index (κ3) is 6.50. The van der Waals surface area contributed by atoms with E-state index in [1.54, 1.807) is 0 Å². The second kappa shape index (κ2) is 7.69. The van der Waals surface area contributed by atoms with Crippen LogP contribution in [-0.2, 0) is 9.53 Å². The molecule has 1 aliphatic rings. The van der Waals surface area contributed by atoms with Crippen LogP contribution in [0.25, 0.3) is 0 Å². The predicted molar refractivity (Wildman–Crippen MR) is 60.7 cm³/mol. The molecule has 1 saturated heterocycles. The molecule has 1 fully saturated rings. The number of hydrogen-bond acceptors (Lipinski definition) is 3. The number of carbonyl (C=O) groups is 1. The zero-order chi connectivity index (χ0) is 10.9. The molecule has 0 amide bonds. The Bertz CT molecular complexity index is 176. The summed E-state index contributed by atoms with van der Waals surface area (Å²) in [6.07, 6.45) is 7.51. The van der Waals surface area contributed by atoms with Crippen LogP contribution < -0.4 is 5.32 Å². The molecule has 1 atom stereocenters. The molecule has 0 aromatic heterocycles. The number of piperidine rings is 1. The highest BCUT2D eigenvalue weighted by molar-refractivity contribution is 5.65. The second-order valence-corrected chi connectivity index (χ2v) is 4.40. The average molecular weight is 213 g/mol. The summed E-state index contributed by atoms with van der Waals surface area (Å²) in [5.41, 5.74) is 0. The Morgan fingerprint density at radius 3 is 2.93 bits per heavy atom. The number of carbonyl (C=O) groups excluding carboxylic acids is 1. The summed E-state index contributed by atoms with van der Waals surface area (Å²) in [6.45, 7) is 4.46. The first-order chi connectivity index (χ1) is 7.29. The fourth-order valence-electron chi connectivity index (χ4n) is 2.10. The van der Waals surface area contributed by atoms with Gasteiger partial charge in [0, 0.05) is 6.92 Å².